The lowest BCUT2D eigenvalue weighted by Gasteiger charge is -2.11. The van der Waals surface area contributed by atoms with Crippen LogP contribution in [-0.4, -0.2) is 18.7 Å². The van der Waals surface area contributed by atoms with E-state index < -0.39 is 12.1 Å². The molecule has 4 nitrogen and oxygen atoms in total. The van der Waals surface area contributed by atoms with Crippen LogP contribution in [0.3, 0.4) is 0 Å². The summed E-state index contributed by atoms with van der Waals surface area (Å²) in [4.78, 5) is 10.3. The van der Waals surface area contributed by atoms with Crippen molar-refractivity contribution in [3.63, 3.8) is 0 Å². The van der Waals surface area contributed by atoms with Gasteiger partial charge in [-0.3, -0.25) is 0 Å². The Kier molecular flexibility index (Phi) is 4.05. The van der Waals surface area contributed by atoms with Crippen LogP contribution in [0.5, 0.6) is 0 Å². The topological polar surface area (TPSA) is 78.3 Å². The van der Waals surface area contributed by atoms with E-state index in [0.29, 0.717) is 12.0 Å². The maximum Gasteiger partial charge on any atom is 0.404 e. The Balaban J connectivity index is 2.47. The summed E-state index contributed by atoms with van der Waals surface area (Å²) in [6, 6.07) is 5.87. The van der Waals surface area contributed by atoms with Gasteiger partial charge in [-0.2, -0.15) is 0 Å². The molecule has 0 aliphatic rings. The van der Waals surface area contributed by atoms with Crippen molar-refractivity contribution in [1.82, 2.24) is 0 Å². The summed E-state index contributed by atoms with van der Waals surface area (Å²) in [7, 11) is 0. The third-order valence-corrected chi connectivity index (χ3v) is 1.88. The maximum absolute atomic E-state index is 13.2. The summed E-state index contributed by atoms with van der Waals surface area (Å²) in [6.07, 6.45) is -0.570. The van der Waals surface area contributed by atoms with E-state index in [2.05, 4.69) is 4.74 Å². The van der Waals surface area contributed by atoms with E-state index >= 15 is 0 Å². The molecule has 1 aromatic carbocycles. The van der Waals surface area contributed by atoms with E-state index in [4.69, 9.17) is 11.5 Å². The molecule has 1 unspecified atom stereocenters. The van der Waals surface area contributed by atoms with Gasteiger partial charge in [0.1, 0.15) is 12.4 Å². The predicted molar refractivity (Wildman–Crippen MR) is 53.6 cm³/mol. The standard InChI is InChI=1S/C10H13FN2O2/c11-9-4-2-1-3-7(9)5-8(12)6-15-10(13)14/h1-4,8H,5-6,12H2,(H2,13,14). The summed E-state index contributed by atoms with van der Waals surface area (Å²) in [6.45, 7) is -0.0103. The molecule has 0 aromatic heterocycles. The highest BCUT2D eigenvalue weighted by Crippen LogP contribution is 2.08. The van der Waals surface area contributed by atoms with Gasteiger partial charge in [0.05, 0.1) is 0 Å². The fourth-order valence-electron chi connectivity index (χ4n) is 1.19. The largest absolute Gasteiger partial charge is 0.448 e. The number of carbonyl (C=O) groups is 1. The van der Waals surface area contributed by atoms with E-state index in [1.165, 1.54) is 6.07 Å². The number of rotatable bonds is 4. The van der Waals surface area contributed by atoms with E-state index in [0.717, 1.165) is 0 Å². The summed E-state index contributed by atoms with van der Waals surface area (Å²) >= 11 is 0. The molecule has 0 saturated carbocycles. The molecular formula is C10H13FN2O2. The smallest absolute Gasteiger partial charge is 0.404 e. The molecule has 1 rings (SSSR count). The molecule has 0 spiro atoms. The minimum absolute atomic E-state index is 0.0103. The first-order valence-electron chi connectivity index (χ1n) is 4.51. The van der Waals surface area contributed by atoms with Crippen LogP contribution in [0.15, 0.2) is 24.3 Å². The van der Waals surface area contributed by atoms with Crippen molar-refractivity contribution < 1.29 is 13.9 Å². The second kappa shape index (κ2) is 5.31. The molecule has 0 aliphatic carbocycles. The highest BCUT2D eigenvalue weighted by Gasteiger charge is 2.09. The minimum atomic E-state index is -0.876. The molecule has 1 amide bonds. The van der Waals surface area contributed by atoms with Gasteiger partial charge in [-0.05, 0) is 18.1 Å². The number of hydrogen-bond acceptors (Lipinski definition) is 3. The number of carbonyl (C=O) groups excluding carboxylic acids is 1. The van der Waals surface area contributed by atoms with Gasteiger partial charge in [0.15, 0.2) is 0 Å². The van der Waals surface area contributed by atoms with Crippen molar-refractivity contribution in [1.29, 1.82) is 0 Å². The molecular weight excluding hydrogens is 199 g/mol. The summed E-state index contributed by atoms with van der Waals surface area (Å²) in [5.74, 6) is -0.313. The first-order chi connectivity index (χ1) is 7.09. The van der Waals surface area contributed by atoms with Crippen molar-refractivity contribution in [2.45, 2.75) is 12.5 Å². The second-order valence-corrected chi connectivity index (χ2v) is 3.19. The lowest BCUT2D eigenvalue weighted by Crippen LogP contribution is -2.31. The van der Waals surface area contributed by atoms with E-state index in [-0.39, 0.29) is 12.4 Å². The lowest BCUT2D eigenvalue weighted by molar-refractivity contribution is 0.149. The van der Waals surface area contributed by atoms with Crippen LogP contribution in [0.1, 0.15) is 5.56 Å². The molecule has 0 fully saturated rings. The monoisotopic (exact) mass is 212 g/mol. The number of ether oxygens (including phenoxy) is 1. The summed E-state index contributed by atoms with van der Waals surface area (Å²) in [5.41, 5.74) is 10.9. The maximum atomic E-state index is 13.2. The molecule has 0 radical (unpaired) electrons. The molecule has 0 aliphatic heterocycles. The Morgan fingerprint density at radius 2 is 2.13 bits per heavy atom. The van der Waals surface area contributed by atoms with Gasteiger partial charge in [0.2, 0.25) is 0 Å². The summed E-state index contributed by atoms with van der Waals surface area (Å²) in [5, 5.41) is 0. The first-order valence-corrected chi connectivity index (χ1v) is 4.51. The molecule has 0 saturated heterocycles. The van der Waals surface area contributed by atoms with Crippen LogP contribution >= 0.6 is 0 Å². The van der Waals surface area contributed by atoms with Gasteiger partial charge in [0.25, 0.3) is 0 Å². The molecule has 15 heavy (non-hydrogen) atoms. The molecule has 82 valence electrons. The van der Waals surface area contributed by atoms with Crippen molar-refractivity contribution in [3.05, 3.63) is 35.6 Å². The Morgan fingerprint density at radius 1 is 1.47 bits per heavy atom. The van der Waals surface area contributed by atoms with Crippen LogP contribution in [0, 0.1) is 5.82 Å². The lowest BCUT2D eigenvalue weighted by atomic mass is 10.1. The zero-order valence-electron chi connectivity index (χ0n) is 8.15. The highest BCUT2D eigenvalue weighted by atomic mass is 19.1. The predicted octanol–water partition coefficient (Wildman–Crippen LogP) is 0.791. The SMILES string of the molecule is NC(=O)OCC(N)Cc1ccccc1F. The zero-order chi connectivity index (χ0) is 11.3. The highest BCUT2D eigenvalue weighted by molar-refractivity contribution is 5.64. The minimum Gasteiger partial charge on any atom is -0.448 e. The fraction of sp³-hybridized carbons (Fsp3) is 0.300. The van der Waals surface area contributed by atoms with E-state index in [9.17, 15) is 9.18 Å². The summed E-state index contributed by atoms with van der Waals surface area (Å²) < 4.78 is 17.7. The number of benzene rings is 1. The quantitative estimate of drug-likeness (QED) is 0.774. The fourth-order valence-corrected chi connectivity index (χ4v) is 1.19. The Morgan fingerprint density at radius 3 is 2.73 bits per heavy atom. The third-order valence-electron chi connectivity index (χ3n) is 1.88. The first kappa shape index (κ1) is 11.5. The Labute approximate surface area is 87.0 Å². The normalized spacial score (nSPS) is 12.1. The second-order valence-electron chi connectivity index (χ2n) is 3.19. The molecule has 4 N–H and O–H groups in total. The number of halogens is 1. The Hall–Kier alpha value is -1.62. The average molecular weight is 212 g/mol. The molecule has 1 atom stereocenters. The van der Waals surface area contributed by atoms with Gasteiger partial charge >= 0.3 is 6.09 Å². The van der Waals surface area contributed by atoms with Crippen LogP contribution < -0.4 is 11.5 Å². The molecule has 0 heterocycles. The molecule has 0 bridgehead atoms. The van der Waals surface area contributed by atoms with Crippen molar-refractivity contribution in [3.8, 4) is 0 Å². The van der Waals surface area contributed by atoms with Gasteiger partial charge in [-0.1, -0.05) is 18.2 Å². The Bertz CT molecular complexity index is 344. The van der Waals surface area contributed by atoms with Gasteiger partial charge in [0, 0.05) is 6.04 Å². The van der Waals surface area contributed by atoms with Crippen LogP contribution in [0.4, 0.5) is 9.18 Å². The van der Waals surface area contributed by atoms with Crippen LogP contribution in [0.25, 0.3) is 0 Å². The molecule has 5 heteroatoms. The van der Waals surface area contributed by atoms with Gasteiger partial charge < -0.3 is 16.2 Å². The average Bonchev–Trinajstić information content (AvgIpc) is 2.18. The van der Waals surface area contributed by atoms with Crippen molar-refractivity contribution >= 4 is 6.09 Å². The number of primary amides is 1. The zero-order valence-corrected chi connectivity index (χ0v) is 8.15. The van der Waals surface area contributed by atoms with E-state index in [1.807, 2.05) is 0 Å². The third kappa shape index (κ3) is 3.95. The molecule has 1 aromatic rings. The van der Waals surface area contributed by atoms with Crippen LogP contribution in [-0.2, 0) is 11.2 Å². The number of hydrogen-bond donors (Lipinski definition) is 2. The van der Waals surface area contributed by atoms with Crippen LogP contribution in [0.2, 0.25) is 0 Å². The number of nitrogens with two attached hydrogens (primary N) is 2. The van der Waals surface area contributed by atoms with Gasteiger partial charge in [-0.15, -0.1) is 0 Å². The van der Waals surface area contributed by atoms with Gasteiger partial charge in [-0.25, -0.2) is 9.18 Å². The van der Waals surface area contributed by atoms with Crippen molar-refractivity contribution in [2.24, 2.45) is 11.5 Å². The number of amides is 1. The van der Waals surface area contributed by atoms with Crippen molar-refractivity contribution in [2.75, 3.05) is 6.61 Å². The van der Waals surface area contributed by atoms with E-state index in [1.54, 1.807) is 18.2 Å².